The van der Waals surface area contributed by atoms with E-state index >= 15 is 0 Å². The average Bonchev–Trinajstić information content (AvgIpc) is 3.19. The predicted octanol–water partition coefficient (Wildman–Crippen LogP) is 4.37. The number of benzene rings is 1. The first kappa shape index (κ1) is 15.3. The maximum atomic E-state index is 5.67. The van der Waals surface area contributed by atoms with Gasteiger partial charge in [0.1, 0.15) is 5.52 Å². The van der Waals surface area contributed by atoms with Crippen LogP contribution in [0, 0.1) is 5.41 Å². The van der Waals surface area contributed by atoms with Crippen LogP contribution in [0.4, 0.5) is 0 Å². The molecule has 0 saturated heterocycles. The van der Waals surface area contributed by atoms with Crippen molar-refractivity contribution >= 4 is 11.1 Å². The molecule has 2 fully saturated rings. The quantitative estimate of drug-likeness (QED) is 0.914. The molecule has 0 atom stereocenters. The number of ether oxygens (including phenoxy) is 1. The van der Waals surface area contributed by atoms with Gasteiger partial charge in [-0.15, -0.1) is 0 Å². The Kier molecular flexibility index (Phi) is 4.13. The van der Waals surface area contributed by atoms with Gasteiger partial charge >= 0.3 is 0 Å². The maximum absolute atomic E-state index is 5.67. The summed E-state index contributed by atoms with van der Waals surface area (Å²) < 4.78 is 10.9. The van der Waals surface area contributed by atoms with E-state index in [-0.39, 0.29) is 5.92 Å². The molecule has 2 aliphatic carbocycles. The van der Waals surface area contributed by atoms with Gasteiger partial charge in [-0.2, -0.15) is 0 Å². The lowest BCUT2D eigenvalue weighted by molar-refractivity contribution is 0.289. The van der Waals surface area contributed by atoms with Crippen LogP contribution in [-0.2, 0) is 6.54 Å². The molecule has 0 radical (unpaired) electrons. The zero-order chi connectivity index (χ0) is 15.7. The van der Waals surface area contributed by atoms with Crippen LogP contribution < -0.4 is 10.5 Å². The fourth-order valence-corrected chi connectivity index (χ4v) is 2.94. The van der Waals surface area contributed by atoms with Gasteiger partial charge in [0.25, 0.3) is 0 Å². The van der Waals surface area contributed by atoms with E-state index in [9.17, 15) is 0 Å². The highest BCUT2D eigenvalue weighted by Gasteiger charge is 2.46. The van der Waals surface area contributed by atoms with E-state index < -0.39 is 0 Å². The normalized spacial score (nSPS) is 18.0. The minimum atomic E-state index is 0.262. The number of hydrogen-bond acceptors (Lipinski definition) is 4. The van der Waals surface area contributed by atoms with E-state index in [0.29, 0.717) is 17.9 Å². The molecule has 1 aromatic heterocycles. The summed E-state index contributed by atoms with van der Waals surface area (Å²) in [5.74, 6) is 1.68. The Bertz CT molecular complexity index is 650. The highest BCUT2D eigenvalue weighted by atomic mass is 16.5. The molecule has 22 heavy (non-hydrogen) atoms. The molecule has 0 bridgehead atoms. The van der Waals surface area contributed by atoms with Crippen LogP contribution in [0.5, 0.6) is 5.75 Å². The molecule has 2 aliphatic rings. The van der Waals surface area contributed by atoms with Crippen molar-refractivity contribution in [2.45, 2.75) is 58.4 Å². The van der Waals surface area contributed by atoms with E-state index in [0.717, 1.165) is 22.4 Å². The van der Waals surface area contributed by atoms with E-state index in [1.807, 2.05) is 26.0 Å². The second-order valence-electron chi connectivity index (χ2n) is 6.91. The predicted molar refractivity (Wildman–Crippen MR) is 88.1 cm³/mol. The third kappa shape index (κ3) is 2.98. The Morgan fingerprint density at radius 2 is 2.00 bits per heavy atom. The highest BCUT2D eigenvalue weighted by Crippen LogP contribution is 2.60. The summed E-state index contributed by atoms with van der Waals surface area (Å²) in [5, 5.41) is 0. The molecule has 1 heterocycles. The van der Waals surface area contributed by atoms with E-state index in [1.54, 1.807) is 32.8 Å². The lowest BCUT2D eigenvalue weighted by Crippen LogP contribution is -2.10. The number of methoxy groups -OCH3 is 1. The van der Waals surface area contributed by atoms with Crippen LogP contribution >= 0.6 is 0 Å². The molecule has 2 aromatic rings. The Morgan fingerprint density at radius 1 is 1.27 bits per heavy atom. The first-order valence-electron chi connectivity index (χ1n) is 8.24. The van der Waals surface area contributed by atoms with Crippen LogP contribution in [0.2, 0.25) is 0 Å². The van der Waals surface area contributed by atoms with Crippen molar-refractivity contribution in [3.05, 3.63) is 23.6 Å². The Morgan fingerprint density at radius 3 is 2.41 bits per heavy atom. The Balaban J connectivity index is 0.000000196. The molecule has 4 heteroatoms. The molecular formula is C18H26N2O2. The van der Waals surface area contributed by atoms with Crippen LogP contribution in [0.1, 0.15) is 63.3 Å². The van der Waals surface area contributed by atoms with Crippen LogP contribution in [0.15, 0.2) is 16.5 Å². The SMILES string of the molecule is C1CC2(C1)CC2.COc1cc(CN)cc2nc(C(C)C)oc12. The second-order valence-corrected chi connectivity index (χ2v) is 6.91. The van der Waals surface area contributed by atoms with Crippen molar-refractivity contribution in [3.63, 3.8) is 0 Å². The number of aromatic nitrogens is 1. The standard InChI is InChI=1S/C12H16N2O2.C6H10/c1-7(2)12-14-9-4-8(6-13)5-10(15-3)11(9)16-12;1-2-6(3-1)4-5-6/h4-5,7H,6,13H2,1-3H3;1-5H2. The molecule has 0 amide bonds. The first-order valence-corrected chi connectivity index (χ1v) is 8.24. The van der Waals surface area contributed by atoms with Gasteiger partial charge in [0.05, 0.1) is 7.11 Å². The van der Waals surface area contributed by atoms with Gasteiger partial charge in [-0.05, 0) is 48.8 Å². The summed E-state index contributed by atoms with van der Waals surface area (Å²) in [7, 11) is 1.62. The van der Waals surface area contributed by atoms with Gasteiger partial charge < -0.3 is 14.9 Å². The van der Waals surface area contributed by atoms with E-state index in [2.05, 4.69) is 4.98 Å². The lowest BCUT2D eigenvalue weighted by atomic mass is 9.82. The Hall–Kier alpha value is -1.55. The third-order valence-corrected chi connectivity index (χ3v) is 4.85. The third-order valence-electron chi connectivity index (χ3n) is 4.85. The minimum Gasteiger partial charge on any atom is -0.493 e. The summed E-state index contributed by atoms with van der Waals surface area (Å²) in [6.07, 6.45) is 7.78. The van der Waals surface area contributed by atoms with Crippen LogP contribution in [0.25, 0.3) is 11.1 Å². The monoisotopic (exact) mass is 302 g/mol. The van der Waals surface area contributed by atoms with Gasteiger partial charge in [0, 0.05) is 12.5 Å². The van der Waals surface area contributed by atoms with E-state index in [1.165, 1.54) is 6.42 Å². The second kappa shape index (κ2) is 5.92. The number of oxazole rings is 1. The first-order chi connectivity index (χ1) is 10.6. The zero-order valence-corrected chi connectivity index (χ0v) is 13.8. The number of rotatable bonds is 3. The summed E-state index contributed by atoms with van der Waals surface area (Å²) in [4.78, 5) is 4.43. The fourth-order valence-electron chi connectivity index (χ4n) is 2.94. The van der Waals surface area contributed by atoms with Gasteiger partial charge in [0.2, 0.25) is 0 Å². The van der Waals surface area contributed by atoms with Crippen molar-refractivity contribution in [1.29, 1.82) is 0 Å². The molecule has 2 saturated carbocycles. The molecule has 1 spiro atoms. The summed E-state index contributed by atoms with van der Waals surface area (Å²) in [6.45, 7) is 4.55. The maximum Gasteiger partial charge on any atom is 0.198 e. The van der Waals surface area contributed by atoms with Crippen molar-refractivity contribution in [3.8, 4) is 5.75 Å². The molecule has 0 unspecified atom stereocenters. The number of fused-ring (bicyclic) bond motifs is 1. The Labute approximate surface area is 132 Å². The fraction of sp³-hybridized carbons (Fsp3) is 0.611. The van der Waals surface area contributed by atoms with Crippen molar-refractivity contribution in [1.82, 2.24) is 4.98 Å². The topological polar surface area (TPSA) is 61.3 Å². The van der Waals surface area contributed by atoms with Gasteiger partial charge in [-0.25, -0.2) is 4.98 Å². The van der Waals surface area contributed by atoms with Crippen LogP contribution in [0.3, 0.4) is 0 Å². The number of nitrogens with zero attached hydrogens (tertiary/aromatic N) is 1. The van der Waals surface area contributed by atoms with E-state index in [4.69, 9.17) is 14.9 Å². The molecule has 120 valence electrons. The number of hydrogen-bond donors (Lipinski definition) is 1. The largest absolute Gasteiger partial charge is 0.493 e. The van der Waals surface area contributed by atoms with Gasteiger partial charge in [-0.3, -0.25) is 0 Å². The summed E-state index contributed by atoms with van der Waals surface area (Å²) >= 11 is 0. The number of nitrogens with two attached hydrogens (primary N) is 1. The van der Waals surface area contributed by atoms with Crippen molar-refractivity contribution in [2.75, 3.05) is 7.11 Å². The van der Waals surface area contributed by atoms with Gasteiger partial charge in [-0.1, -0.05) is 20.3 Å². The van der Waals surface area contributed by atoms with Crippen molar-refractivity contribution < 1.29 is 9.15 Å². The lowest BCUT2D eigenvalue weighted by Gasteiger charge is -2.23. The highest BCUT2D eigenvalue weighted by molar-refractivity contribution is 5.80. The molecule has 0 aliphatic heterocycles. The smallest absolute Gasteiger partial charge is 0.198 e. The zero-order valence-electron chi connectivity index (χ0n) is 13.8. The summed E-state index contributed by atoms with van der Waals surface area (Å²) in [6, 6.07) is 3.82. The van der Waals surface area contributed by atoms with Crippen LogP contribution in [-0.4, -0.2) is 12.1 Å². The molecule has 4 nitrogen and oxygen atoms in total. The molecule has 4 rings (SSSR count). The van der Waals surface area contributed by atoms with Gasteiger partial charge in [0.15, 0.2) is 17.2 Å². The summed E-state index contributed by atoms with van der Waals surface area (Å²) in [5.41, 5.74) is 9.09. The molecular weight excluding hydrogens is 276 g/mol. The molecule has 2 N–H and O–H groups in total. The van der Waals surface area contributed by atoms with Crippen molar-refractivity contribution in [2.24, 2.45) is 11.1 Å². The molecule has 1 aromatic carbocycles. The average molecular weight is 302 g/mol. The minimum absolute atomic E-state index is 0.262.